The van der Waals surface area contributed by atoms with Crippen molar-refractivity contribution in [1.29, 1.82) is 0 Å². The molecule has 2 aliphatic rings. The number of ether oxygens (including phenoxy) is 1. The number of hydrogen-bond acceptors (Lipinski definition) is 4. The maximum absolute atomic E-state index is 11.9. The van der Waals surface area contributed by atoms with Gasteiger partial charge in [-0.3, -0.25) is 9.69 Å². The second-order valence-electron chi connectivity index (χ2n) is 4.85. The number of likely N-dealkylation sites (tertiary alicyclic amines) is 1. The largest absolute Gasteiger partial charge is 0.378 e. The van der Waals surface area contributed by atoms with E-state index < -0.39 is 0 Å². The van der Waals surface area contributed by atoms with Crippen molar-refractivity contribution in [3.05, 3.63) is 0 Å². The van der Waals surface area contributed by atoms with Gasteiger partial charge in [-0.15, -0.1) is 0 Å². The Labute approximate surface area is 96.5 Å². The molecule has 0 unspecified atom stereocenters. The van der Waals surface area contributed by atoms with Crippen LogP contribution in [0.25, 0.3) is 0 Å². The van der Waals surface area contributed by atoms with Gasteiger partial charge in [0.25, 0.3) is 0 Å². The maximum Gasteiger partial charge on any atom is 0.236 e. The third kappa shape index (κ3) is 2.53. The van der Waals surface area contributed by atoms with Crippen molar-refractivity contribution in [2.75, 3.05) is 45.9 Å². The first-order valence-corrected chi connectivity index (χ1v) is 6.00. The van der Waals surface area contributed by atoms with Crippen LogP contribution < -0.4 is 5.73 Å². The van der Waals surface area contributed by atoms with Crippen molar-refractivity contribution in [3.63, 3.8) is 0 Å². The number of amides is 1. The van der Waals surface area contributed by atoms with Gasteiger partial charge in [0.15, 0.2) is 0 Å². The molecule has 0 spiro atoms. The van der Waals surface area contributed by atoms with E-state index in [1.807, 2.05) is 4.90 Å². The second-order valence-corrected chi connectivity index (χ2v) is 4.85. The fourth-order valence-corrected chi connectivity index (χ4v) is 2.28. The minimum Gasteiger partial charge on any atom is -0.378 e. The second kappa shape index (κ2) is 4.69. The fraction of sp³-hybridized carbons (Fsp3) is 0.909. The van der Waals surface area contributed by atoms with Crippen LogP contribution in [0.1, 0.15) is 13.3 Å². The summed E-state index contributed by atoms with van der Waals surface area (Å²) in [7, 11) is 0. The Kier molecular flexibility index (Phi) is 3.47. The number of carbonyl (C=O) groups is 1. The lowest BCUT2D eigenvalue weighted by Crippen LogP contribution is -2.68. The first-order valence-electron chi connectivity index (χ1n) is 6.00. The number of hydrogen-bond donors (Lipinski definition) is 1. The van der Waals surface area contributed by atoms with Crippen molar-refractivity contribution in [3.8, 4) is 0 Å². The lowest BCUT2D eigenvalue weighted by Gasteiger charge is -2.47. The zero-order valence-corrected chi connectivity index (χ0v) is 9.95. The van der Waals surface area contributed by atoms with Crippen LogP contribution in [0.2, 0.25) is 0 Å². The van der Waals surface area contributed by atoms with E-state index in [1.54, 1.807) is 0 Å². The topological polar surface area (TPSA) is 58.8 Å². The average Bonchev–Trinajstić information content (AvgIpc) is 2.28. The predicted molar refractivity (Wildman–Crippen MR) is 61.0 cm³/mol. The number of morpholine rings is 1. The molecule has 1 amide bonds. The Hall–Kier alpha value is -0.650. The highest BCUT2D eigenvalue weighted by molar-refractivity contribution is 5.78. The van der Waals surface area contributed by atoms with Crippen molar-refractivity contribution in [1.82, 2.24) is 9.80 Å². The van der Waals surface area contributed by atoms with Gasteiger partial charge >= 0.3 is 0 Å². The van der Waals surface area contributed by atoms with Crippen LogP contribution in [-0.4, -0.2) is 67.2 Å². The molecule has 0 aromatic heterocycles. The Morgan fingerprint density at radius 1 is 1.38 bits per heavy atom. The highest BCUT2D eigenvalue weighted by Crippen LogP contribution is 2.21. The first-order chi connectivity index (χ1) is 7.63. The SMILES string of the molecule is CCC1(N)CN(CC(=O)N2CCOCC2)C1. The Bertz CT molecular complexity index is 258. The lowest BCUT2D eigenvalue weighted by atomic mass is 9.88. The lowest BCUT2D eigenvalue weighted by molar-refractivity contribution is -0.138. The molecule has 0 aromatic rings. The summed E-state index contributed by atoms with van der Waals surface area (Å²) in [5, 5.41) is 0. The Morgan fingerprint density at radius 3 is 2.56 bits per heavy atom. The summed E-state index contributed by atoms with van der Waals surface area (Å²) < 4.78 is 5.22. The van der Waals surface area contributed by atoms with Crippen molar-refractivity contribution >= 4 is 5.91 Å². The van der Waals surface area contributed by atoms with Crippen molar-refractivity contribution < 1.29 is 9.53 Å². The highest BCUT2D eigenvalue weighted by Gasteiger charge is 2.38. The van der Waals surface area contributed by atoms with Crippen LogP contribution in [0.4, 0.5) is 0 Å². The highest BCUT2D eigenvalue weighted by atomic mass is 16.5. The molecule has 0 radical (unpaired) electrons. The molecular formula is C11H21N3O2. The molecule has 0 aliphatic carbocycles. The van der Waals surface area contributed by atoms with Gasteiger partial charge in [-0.25, -0.2) is 0 Å². The van der Waals surface area contributed by atoms with Gasteiger partial charge in [0.2, 0.25) is 5.91 Å². The molecular weight excluding hydrogens is 206 g/mol. The number of nitrogens with zero attached hydrogens (tertiary/aromatic N) is 2. The quantitative estimate of drug-likeness (QED) is 0.690. The van der Waals surface area contributed by atoms with E-state index in [-0.39, 0.29) is 11.4 Å². The molecule has 2 aliphatic heterocycles. The van der Waals surface area contributed by atoms with E-state index in [2.05, 4.69) is 11.8 Å². The van der Waals surface area contributed by atoms with E-state index in [9.17, 15) is 4.79 Å². The Balaban J connectivity index is 1.72. The molecule has 2 N–H and O–H groups in total. The van der Waals surface area contributed by atoms with Crippen LogP contribution in [0.5, 0.6) is 0 Å². The summed E-state index contributed by atoms with van der Waals surface area (Å²) in [5.41, 5.74) is 6.01. The molecule has 2 saturated heterocycles. The molecule has 92 valence electrons. The molecule has 2 rings (SSSR count). The van der Waals surface area contributed by atoms with Crippen molar-refractivity contribution in [2.24, 2.45) is 5.73 Å². The van der Waals surface area contributed by atoms with E-state index in [1.165, 1.54) is 0 Å². The minimum absolute atomic E-state index is 0.0503. The Morgan fingerprint density at radius 2 is 2.00 bits per heavy atom. The average molecular weight is 227 g/mol. The number of carbonyl (C=O) groups excluding carboxylic acids is 1. The fourth-order valence-electron chi connectivity index (χ4n) is 2.28. The van der Waals surface area contributed by atoms with E-state index >= 15 is 0 Å². The molecule has 2 fully saturated rings. The van der Waals surface area contributed by atoms with Crippen LogP contribution in [0, 0.1) is 0 Å². The maximum atomic E-state index is 11.9. The van der Waals surface area contributed by atoms with Gasteiger partial charge in [-0.05, 0) is 6.42 Å². The summed E-state index contributed by atoms with van der Waals surface area (Å²) in [6.45, 7) is 7.10. The molecule has 0 aromatic carbocycles. The first kappa shape index (κ1) is 11.8. The summed E-state index contributed by atoms with van der Waals surface area (Å²) in [5.74, 6) is 0.210. The predicted octanol–water partition coefficient (Wildman–Crippen LogP) is -0.732. The van der Waals surface area contributed by atoms with Gasteiger partial charge in [0.05, 0.1) is 19.8 Å². The van der Waals surface area contributed by atoms with Crippen LogP contribution >= 0.6 is 0 Å². The van der Waals surface area contributed by atoms with Gasteiger partial charge in [-0.2, -0.15) is 0 Å². The standard InChI is InChI=1S/C11H21N3O2/c1-2-11(12)8-13(9-11)7-10(15)14-3-5-16-6-4-14/h2-9,12H2,1H3. The van der Waals surface area contributed by atoms with E-state index in [0.29, 0.717) is 19.8 Å². The smallest absolute Gasteiger partial charge is 0.236 e. The van der Waals surface area contributed by atoms with Gasteiger partial charge < -0.3 is 15.4 Å². The summed E-state index contributed by atoms with van der Waals surface area (Å²) >= 11 is 0. The van der Waals surface area contributed by atoms with Crippen LogP contribution in [-0.2, 0) is 9.53 Å². The summed E-state index contributed by atoms with van der Waals surface area (Å²) in [6, 6.07) is 0. The van der Waals surface area contributed by atoms with E-state index in [0.717, 1.165) is 32.6 Å². The minimum atomic E-state index is -0.0503. The summed E-state index contributed by atoms with van der Waals surface area (Å²) in [6.07, 6.45) is 0.981. The molecule has 0 atom stereocenters. The van der Waals surface area contributed by atoms with Gasteiger partial charge in [0, 0.05) is 31.7 Å². The zero-order chi connectivity index (χ0) is 11.6. The van der Waals surface area contributed by atoms with Gasteiger partial charge in [-0.1, -0.05) is 6.92 Å². The number of nitrogens with two attached hydrogens (primary N) is 1. The normalized spacial score (nSPS) is 25.2. The van der Waals surface area contributed by atoms with Crippen LogP contribution in [0.15, 0.2) is 0 Å². The molecule has 2 heterocycles. The number of rotatable bonds is 3. The molecule has 16 heavy (non-hydrogen) atoms. The molecule has 0 saturated carbocycles. The van der Waals surface area contributed by atoms with Crippen LogP contribution in [0.3, 0.4) is 0 Å². The van der Waals surface area contributed by atoms with Gasteiger partial charge in [0.1, 0.15) is 0 Å². The molecule has 5 nitrogen and oxygen atoms in total. The molecule has 5 heteroatoms. The third-order valence-electron chi connectivity index (χ3n) is 3.50. The third-order valence-corrected chi connectivity index (χ3v) is 3.50. The van der Waals surface area contributed by atoms with E-state index in [4.69, 9.17) is 10.5 Å². The summed E-state index contributed by atoms with van der Waals surface area (Å²) in [4.78, 5) is 15.9. The van der Waals surface area contributed by atoms with Crippen molar-refractivity contribution in [2.45, 2.75) is 18.9 Å². The zero-order valence-electron chi connectivity index (χ0n) is 9.95. The monoisotopic (exact) mass is 227 g/mol. The molecule has 0 bridgehead atoms.